The Balaban J connectivity index is 1.44. The molecule has 1 aromatic heterocycles. The highest BCUT2D eigenvalue weighted by Gasteiger charge is 2.12. The zero-order valence-electron chi connectivity index (χ0n) is 14.7. The molecule has 130 valence electrons. The van der Waals surface area contributed by atoms with Crippen LogP contribution in [0.4, 0.5) is 0 Å². The Morgan fingerprint density at radius 3 is 2.71 bits per heavy atom. The molecule has 0 bridgehead atoms. The maximum Gasteiger partial charge on any atom is 0.224 e. The van der Waals surface area contributed by atoms with Crippen LogP contribution in [0.2, 0.25) is 0 Å². The fourth-order valence-corrected chi connectivity index (χ4v) is 3.68. The van der Waals surface area contributed by atoms with Crippen molar-refractivity contribution in [3.05, 3.63) is 35.5 Å². The summed E-state index contributed by atoms with van der Waals surface area (Å²) in [6, 6.07) is 8.19. The number of hydrogen-bond donors (Lipinski definition) is 2. The van der Waals surface area contributed by atoms with E-state index in [4.69, 9.17) is 0 Å². The van der Waals surface area contributed by atoms with Gasteiger partial charge in [0, 0.05) is 23.1 Å². The number of likely N-dealkylation sites (tertiary alicyclic amines) is 1. The third-order valence-corrected chi connectivity index (χ3v) is 5.04. The van der Waals surface area contributed by atoms with Crippen LogP contribution in [0.5, 0.6) is 0 Å². The number of carbonyl (C=O) groups is 1. The average Bonchev–Trinajstić information content (AvgIpc) is 2.76. The van der Waals surface area contributed by atoms with Crippen molar-refractivity contribution in [3.63, 3.8) is 0 Å². The Morgan fingerprint density at radius 2 is 1.92 bits per heavy atom. The van der Waals surface area contributed by atoms with Gasteiger partial charge in [0.25, 0.3) is 0 Å². The number of aromatic nitrogens is 1. The van der Waals surface area contributed by atoms with Crippen LogP contribution in [0.15, 0.2) is 24.3 Å². The minimum atomic E-state index is 0.124. The first-order valence-corrected chi connectivity index (χ1v) is 9.29. The maximum atomic E-state index is 12.3. The number of nitrogens with one attached hydrogen (secondary N) is 2. The number of rotatable bonds is 6. The van der Waals surface area contributed by atoms with Crippen LogP contribution in [0, 0.1) is 6.92 Å². The lowest BCUT2D eigenvalue weighted by Gasteiger charge is -2.19. The molecule has 1 aromatic carbocycles. The molecule has 0 aliphatic carbocycles. The smallest absolute Gasteiger partial charge is 0.224 e. The van der Waals surface area contributed by atoms with Gasteiger partial charge in [0.1, 0.15) is 0 Å². The Hall–Kier alpha value is -1.81. The van der Waals surface area contributed by atoms with Crippen LogP contribution in [0.25, 0.3) is 10.9 Å². The molecule has 1 aliphatic rings. The molecule has 2 aromatic rings. The highest BCUT2D eigenvalue weighted by molar-refractivity contribution is 5.90. The summed E-state index contributed by atoms with van der Waals surface area (Å²) in [5, 5.41) is 4.25. The van der Waals surface area contributed by atoms with Gasteiger partial charge in [0.15, 0.2) is 0 Å². The second-order valence-corrected chi connectivity index (χ2v) is 6.91. The first kappa shape index (κ1) is 17.0. The van der Waals surface area contributed by atoms with E-state index in [-0.39, 0.29) is 5.91 Å². The minimum Gasteiger partial charge on any atom is -0.358 e. The van der Waals surface area contributed by atoms with Gasteiger partial charge in [0.2, 0.25) is 5.91 Å². The molecular weight excluding hydrogens is 298 g/mol. The molecule has 1 aliphatic heterocycles. The van der Waals surface area contributed by atoms with Gasteiger partial charge in [-0.15, -0.1) is 0 Å². The highest BCUT2D eigenvalue weighted by Crippen LogP contribution is 2.22. The first-order valence-electron chi connectivity index (χ1n) is 9.29. The molecule has 2 N–H and O–H groups in total. The van der Waals surface area contributed by atoms with Crippen LogP contribution in [0.1, 0.15) is 43.4 Å². The number of nitrogens with zero attached hydrogens (tertiary/aromatic N) is 1. The number of carbonyl (C=O) groups excluding carboxylic acids is 1. The van der Waals surface area contributed by atoms with Gasteiger partial charge in [-0.1, -0.05) is 31.0 Å². The summed E-state index contributed by atoms with van der Waals surface area (Å²) in [6.45, 7) is 6.37. The monoisotopic (exact) mass is 327 g/mol. The predicted molar refractivity (Wildman–Crippen MR) is 99.3 cm³/mol. The molecule has 24 heavy (non-hydrogen) atoms. The van der Waals surface area contributed by atoms with E-state index in [0.29, 0.717) is 6.42 Å². The van der Waals surface area contributed by atoms with Crippen molar-refractivity contribution in [3.8, 4) is 0 Å². The molecule has 0 atom stereocenters. The third-order valence-electron chi connectivity index (χ3n) is 5.04. The average molecular weight is 327 g/mol. The lowest BCUT2D eigenvalue weighted by atomic mass is 10.1. The van der Waals surface area contributed by atoms with Gasteiger partial charge < -0.3 is 15.2 Å². The molecule has 1 saturated heterocycles. The van der Waals surface area contributed by atoms with Crippen LogP contribution >= 0.6 is 0 Å². The molecule has 1 amide bonds. The standard InChI is InChI=1S/C20H29N3O/c1-16-18(17-9-4-5-10-19(17)22-16)15-20(24)21-11-8-14-23-12-6-2-3-7-13-23/h4-5,9-10,22H,2-3,6-8,11-15H2,1H3,(H,21,24). The van der Waals surface area contributed by atoms with Crippen LogP contribution < -0.4 is 5.32 Å². The van der Waals surface area contributed by atoms with Gasteiger partial charge >= 0.3 is 0 Å². The quantitative estimate of drug-likeness (QED) is 0.799. The summed E-state index contributed by atoms with van der Waals surface area (Å²) >= 11 is 0. The molecule has 0 radical (unpaired) electrons. The van der Waals surface area contributed by atoms with E-state index in [9.17, 15) is 4.79 Å². The molecule has 4 nitrogen and oxygen atoms in total. The fraction of sp³-hybridized carbons (Fsp3) is 0.550. The molecule has 4 heteroatoms. The van der Waals surface area contributed by atoms with E-state index in [1.54, 1.807) is 0 Å². The number of fused-ring (bicyclic) bond motifs is 1. The summed E-state index contributed by atoms with van der Waals surface area (Å²) in [7, 11) is 0. The molecule has 0 spiro atoms. The summed E-state index contributed by atoms with van der Waals surface area (Å²) in [4.78, 5) is 18.2. The Bertz CT molecular complexity index is 669. The van der Waals surface area contributed by atoms with E-state index < -0.39 is 0 Å². The van der Waals surface area contributed by atoms with Crippen molar-refractivity contribution in [2.24, 2.45) is 0 Å². The second kappa shape index (κ2) is 8.34. The van der Waals surface area contributed by atoms with Crippen molar-refractivity contribution >= 4 is 16.8 Å². The lowest BCUT2D eigenvalue weighted by molar-refractivity contribution is -0.120. The van der Waals surface area contributed by atoms with Crippen LogP contribution in [0.3, 0.4) is 0 Å². The van der Waals surface area contributed by atoms with Crippen molar-refractivity contribution in [1.82, 2.24) is 15.2 Å². The van der Waals surface area contributed by atoms with Crippen LogP contribution in [-0.2, 0) is 11.2 Å². The molecular formula is C20H29N3O. The van der Waals surface area contributed by atoms with Gasteiger partial charge in [-0.2, -0.15) is 0 Å². The molecule has 0 saturated carbocycles. The number of para-hydroxylation sites is 1. The second-order valence-electron chi connectivity index (χ2n) is 6.91. The predicted octanol–water partition coefficient (Wildman–Crippen LogP) is 3.40. The number of aromatic amines is 1. The van der Waals surface area contributed by atoms with E-state index in [2.05, 4.69) is 27.3 Å². The topological polar surface area (TPSA) is 48.1 Å². The van der Waals surface area contributed by atoms with E-state index >= 15 is 0 Å². The Morgan fingerprint density at radius 1 is 1.17 bits per heavy atom. The van der Waals surface area contributed by atoms with Crippen molar-refractivity contribution in [2.45, 2.75) is 45.4 Å². The van der Waals surface area contributed by atoms with E-state index in [1.807, 2.05) is 19.1 Å². The highest BCUT2D eigenvalue weighted by atomic mass is 16.1. The van der Waals surface area contributed by atoms with Crippen molar-refractivity contribution in [1.29, 1.82) is 0 Å². The third kappa shape index (κ3) is 4.38. The zero-order valence-corrected chi connectivity index (χ0v) is 14.7. The largest absolute Gasteiger partial charge is 0.358 e. The Labute approximate surface area is 144 Å². The number of amides is 1. The maximum absolute atomic E-state index is 12.3. The summed E-state index contributed by atoms with van der Waals surface area (Å²) in [6.07, 6.45) is 6.89. The Kier molecular flexibility index (Phi) is 5.91. The minimum absolute atomic E-state index is 0.124. The van der Waals surface area contributed by atoms with Gasteiger partial charge in [-0.25, -0.2) is 0 Å². The van der Waals surface area contributed by atoms with Crippen molar-refractivity contribution in [2.75, 3.05) is 26.2 Å². The summed E-state index contributed by atoms with van der Waals surface area (Å²) < 4.78 is 0. The first-order chi connectivity index (χ1) is 11.7. The van der Waals surface area contributed by atoms with Gasteiger partial charge in [-0.3, -0.25) is 4.79 Å². The van der Waals surface area contributed by atoms with Crippen molar-refractivity contribution < 1.29 is 4.79 Å². The number of aryl methyl sites for hydroxylation is 1. The normalized spacial score (nSPS) is 16.2. The number of benzene rings is 1. The van der Waals surface area contributed by atoms with Gasteiger partial charge in [-0.05, 0) is 57.5 Å². The molecule has 2 heterocycles. The van der Waals surface area contributed by atoms with E-state index in [0.717, 1.165) is 41.7 Å². The number of H-pyrrole nitrogens is 1. The summed E-state index contributed by atoms with van der Waals surface area (Å²) in [5.41, 5.74) is 3.32. The molecule has 1 fully saturated rings. The fourth-order valence-electron chi connectivity index (χ4n) is 3.68. The zero-order chi connectivity index (χ0) is 16.8. The molecule has 3 rings (SSSR count). The SMILES string of the molecule is Cc1[nH]c2ccccc2c1CC(=O)NCCCN1CCCCCC1. The van der Waals surface area contributed by atoms with Gasteiger partial charge in [0.05, 0.1) is 6.42 Å². The van der Waals surface area contributed by atoms with E-state index in [1.165, 1.54) is 38.8 Å². The lowest BCUT2D eigenvalue weighted by Crippen LogP contribution is -2.31. The summed E-state index contributed by atoms with van der Waals surface area (Å²) in [5.74, 6) is 0.124. The van der Waals surface area contributed by atoms with Crippen LogP contribution in [-0.4, -0.2) is 42.0 Å². The molecule has 0 unspecified atom stereocenters. The number of hydrogen-bond acceptors (Lipinski definition) is 2.